The van der Waals surface area contributed by atoms with E-state index >= 15 is 0 Å². The van der Waals surface area contributed by atoms with Crippen LogP contribution in [0.5, 0.6) is 0 Å². The molecule has 0 saturated heterocycles. The monoisotopic (exact) mass is 340 g/mol. The van der Waals surface area contributed by atoms with Gasteiger partial charge in [-0.05, 0) is 41.4 Å². The number of halogens is 2. The molecule has 2 aromatic rings. The summed E-state index contributed by atoms with van der Waals surface area (Å²) in [4.78, 5) is 1.06. The van der Waals surface area contributed by atoms with Gasteiger partial charge in [-0.15, -0.1) is 11.8 Å². The molecule has 0 bridgehead atoms. The van der Waals surface area contributed by atoms with Crippen LogP contribution in [0.3, 0.4) is 0 Å². The SMILES string of the molecule is OB(O)c1cc(F)cc(CSc2cccc(Br)c2)c1. The van der Waals surface area contributed by atoms with Gasteiger partial charge in [0, 0.05) is 15.1 Å². The summed E-state index contributed by atoms with van der Waals surface area (Å²) in [6.07, 6.45) is 0. The number of hydrogen-bond acceptors (Lipinski definition) is 3. The van der Waals surface area contributed by atoms with Crippen LogP contribution in [-0.2, 0) is 5.75 Å². The minimum absolute atomic E-state index is 0.171. The van der Waals surface area contributed by atoms with E-state index in [2.05, 4.69) is 15.9 Å². The van der Waals surface area contributed by atoms with Crippen LogP contribution < -0.4 is 5.46 Å². The highest BCUT2D eigenvalue weighted by Gasteiger charge is 2.13. The maximum Gasteiger partial charge on any atom is 0.488 e. The lowest BCUT2D eigenvalue weighted by molar-refractivity contribution is 0.425. The van der Waals surface area contributed by atoms with Gasteiger partial charge in [0.1, 0.15) is 5.82 Å². The Morgan fingerprint density at radius 2 is 1.95 bits per heavy atom. The Hall–Kier alpha value is -0.815. The van der Waals surface area contributed by atoms with Crippen molar-refractivity contribution in [1.82, 2.24) is 0 Å². The molecule has 6 heteroatoms. The smallest absolute Gasteiger partial charge is 0.423 e. The van der Waals surface area contributed by atoms with Crippen LogP contribution in [0, 0.1) is 5.82 Å². The summed E-state index contributed by atoms with van der Waals surface area (Å²) in [6.45, 7) is 0. The van der Waals surface area contributed by atoms with Crippen LogP contribution in [0.1, 0.15) is 5.56 Å². The molecular formula is C13H11BBrFO2S. The molecule has 0 heterocycles. The molecule has 0 saturated carbocycles. The van der Waals surface area contributed by atoms with Crippen LogP contribution in [0.2, 0.25) is 0 Å². The van der Waals surface area contributed by atoms with Gasteiger partial charge in [-0.1, -0.05) is 28.1 Å². The second-order valence-electron chi connectivity index (χ2n) is 4.01. The summed E-state index contributed by atoms with van der Waals surface area (Å²) in [6, 6.07) is 11.9. The number of benzene rings is 2. The Morgan fingerprint density at radius 3 is 2.63 bits per heavy atom. The fourth-order valence-electron chi connectivity index (χ4n) is 1.63. The molecule has 2 N–H and O–H groups in total. The lowest BCUT2D eigenvalue weighted by Crippen LogP contribution is -2.30. The fourth-order valence-corrected chi connectivity index (χ4v) is 3.07. The van der Waals surface area contributed by atoms with E-state index in [0.29, 0.717) is 11.3 Å². The fraction of sp³-hybridized carbons (Fsp3) is 0.0769. The van der Waals surface area contributed by atoms with Crippen LogP contribution in [0.4, 0.5) is 4.39 Å². The molecule has 98 valence electrons. The largest absolute Gasteiger partial charge is 0.488 e. The normalized spacial score (nSPS) is 10.5. The van der Waals surface area contributed by atoms with Crippen molar-refractivity contribution >= 4 is 40.3 Å². The molecule has 2 rings (SSSR count). The van der Waals surface area contributed by atoms with E-state index in [4.69, 9.17) is 10.0 Å². The first-order valence-electron chi connectivity index (χ1n) is 5.58. The van der Waals surface area contributed by atoms with Crippen molar-refractivity contribution in [3.63, 3.8) is 0 Å². The van der Waals surface area contributed by atoms with Crippen LogP contribution >= 0.6 is 27.7 Å². The minimum atomic E-state index is -1.65. The van der Waals surface area contributed by atoms with E-state index < -0.39 is 12.9 Å². The molecule has 0 aromatic heterocycles. The Balaban J connectivity index is 2.11. The maximum atomic E-state index is 13.3. The van der Waals surface area contributed by atoms with E-state index in [0.717, 1.165) is 15.4 Å². The van der Waals surface area contributed by atoms with Gasteiger partial charge < -0.3 is 10.0 Å². The zero-order valence-electron chi connectivity index (χ0n) is 9.88. The molecule has 0 atom stereocenters. The maximum absolute atomic E-state index is 13.3. The number of rotatable bonds is 4. The first-order valence-corrected chi connectivity index (χ1v) is 7.36. The van der Waals surface area contributed by atoms with Crippen molar-refractivity contribution in [3.05, 3.63) is 58.3 Å². The topological polar surface area (TPSA) is 40.5 Å². The zero-order chi connectivity index (χ0) is 13.8. The summed E-state index contributed by atoms with van der Waals surface area (Å²) in [7, 11) is -1.65. The summed E-state index contributed by atoms with van der Waals surface area (Å²) in [5, 5.41) is 18.1. The highest BCUT2D eigenvalue weighted by Crippen LogP contribution is 2.25. The first kappa shape index (κ1) is 14.6. The van der Waals surface area contributed by atoms with Gasteiger partial charge in [0.15, 0.2) is 0 Å². The quantitative estimate of drug-likeness (QED) is 0.664. The molecule has 0 fully saturated rings. The number of hydrogen-bond donors (Lipinski definition) is 2. The van der Waals surface area contributed by atoms with Gasteiger partial charge in [0.2, 0.25) is 0 Å². The van der Waals surface area contributed by atoms with Gasteiger partial charge in [-0.3, -0.25) is 0 Å². The van der Waals surface area contributed by atoms with E-state index in [1.165, 1.54) is 6.07 Å². The minimum Gasteiger partial charge on any atom is -0.423 e. The van der Waals surface area contributed by atoms with Gasteiger partial charge in [0.25, 0.3) is 0 Å². The summed E-state index contributed by atoms with van der Waals surface area (Å²) in [5.74, 6) is 0.101. The molecule has 2 nitrogen and oxygen atoms in total. The average Bonchev–Trinajstić information content (AvgIpc) is 2.36. The summed E-state index contributed by atoms with van der Waals surface area (Å²) in [5.41, 5.74) is 0.887. The van der Waals surface area contributed by atoms with Crippen molar-refractivity contribution in [2.24, 2.45) is 0 Å². The van der Waals surface area contributed by atoms with Gasteiger partial charge in [0.05, 0.1) is 0 Å². The average molecular weight is 341 g/mol. The standard InChI is InChI=1S/C13H11BBrFO2S/c15-11-2-1-3-13(7-11)19-8-9-4-10(14(17)18)6-12(16)5-9/h1-7,17-18H,8H2. The molecule has 19 heavy (non-hydrogen) atoms. The van der Waals surface area contributed by atoms with Gasteiger partial charge in [-0.2, -0.15) is 0 Å². The molecule has 0 unspecified atom stereocenters. The van der Waals surface area contributed by atoms with Crippen molar-refractivity contribution < 1.29 is 14.4 Å². The van der Waals surface area contributed by atoms with Crippen molar-refractivity contribution in [2.45, 2.75) is 10.6 Å². The van der Waals surface area contributed by atoms with E-state index in [1.54, 1.807) is 17.8 Å². The van der Waals surface area contributed by atoms with Crippen LogP contribution in [0.15, 0.2) is 51.8 Å². The van der Waals surface area contributed by atoms with Gasteiger partial charge in [-0.25, -0.2) is 4.39 Å². The van der Waals surface area contributed by atoms with Crippen molar-refractivity contribution in [3.8, 4) is 0 Å². The predicted molar refractivity (Wildman–Crippen MR) is 79.9 cm³/mol. The molecule has 0 aliphatic heterocycles. The summed E-state index contributed by atoms with van der Waals surface area (Å²) < 4.78 is 14.3. The third-order valence-electron chi connectivity index (χ3n) is 2.48. The van der Waals surface area contributed by atoms with Crippen molar-refractivity contribution in [2.75, 3.05) is 0 Å². The van der Waals surface area contributed by atoms with E-state index in [9.17, 15) is 4.39 Å². The summed E-state index contributed by atoms with van der Waals surface area (Å²) >= 11 is 4.95. The second-order valence-corrected chi connectivity index (χ2v) is 5.98. The Kier molecular flexibility index (Phi) is 5.04. The van der Waals surface area contributed by atoms with Crippen molar-refractivity contribution in [1.29, 1.82) is 0 Å². The van der Waals surface area contributed by atoms with Crippen LogP contribution in [-0.4, -0.2) is 17.2 Å². The van der Waals surface area contributed by atoms with E-state index in [-0.39, 0.29) is 5.46 Å². The molecule has 0 spiro atoms. The molecular weight excluding hydrogens is 330 g/mol. The molecule has 0 aliphatic rings. The Bertz CT molecular complexity index is 580. The molecule has 0 radical (unpaired) electrons. The predicted octanol–water partition coefficient (Wildman–Crippen LogP) is 2.56. The molecule has 0 amide bonds. The third-order valence-corrected chi connectivity index (χ3v) is 4.04. The molecule has 2 aromatic carbocycles. The van der Waals surface area contributed by atoms with Crippen LogP contribution in [0.25, 0.3) is 0 Å². The number of thioether (sulfide) groups is 1. The highest BCUT2D eigenvalue weighted by atomic mass is 79.9. The zero-order valence-corrected chi connectivity index (χ0v) is 12.3. The lowest BCUT2D eigenvalue weighted by Gasteiger charge is -2.06. The third kappa shape index (κ3) is 4.35. The Morgan fingerprint density at radius 1 is 1.16 bits per heavy atom. The lowest BCUT2D eigenvalue weighted by atomic mass is 9.79. The second kappa shape index (κ2) is 6.57. The first-order chi connectivity index (χ1) is 9.04. The van der Waals surface area contributed by atoms with Gasteiger partial charge >= 0.3 is 7.12 Å². The highest BCUT2D eigenvalue weighted by molar-refractivity contribution is 9.10. The van der Waals surface area contributed by atoms with E-state index in [1.807, 2.05) is 24.3 Å². The molecule has 0 aliphatic carbocycles. The Labute approximate surface area is 123 Å².